The Morgan fingerprint density at radius 3 is 2.85 bits per heavy atom. The zero-order valence-electron chi connectivity index (χ0n) is 14.5. The summed E-state index contributed by atoms with van der Waals surface area (Å²) in [4.78, 5) is 26.0. The fourth-order valence-electron chi connectivity index (χ4n) is 2.94. The Labute approximate surface area is 149 Å². The first-order valence-electron chi connectivity index (χ1n) is 8.37. The number of pyridine rings is 1. The van der Waals surface area contributed by atoms with Gasteiger partial charge in [0.2, 0.25) is 5.95 Å². The van der Waals surface area contributed by atoms with Gasteiger partial charge < -0.3 is 16.4 Å². The number of nitrogens with two attached hydrogens (primary N) is 1. The second-order valence-electron chi connectivity index (χ2n) is 6.23. The van der Waals surface area contributed by atoms with Gasteiger partial charge in [0.05, 0.1) is 16.6 Å². The highest BCUT2D eigenvalue weighted by molar-refractivity contribution is 6.05. The van der Waals surface area contributed by atoms with Gasteiger partial charge in [0.1, 0.15) is 0 Å². The van der Waals surface area contributed by atoms with Gasteiger partial charge in [-0.3, -0.25) is 9.20 Å². The van der Waals surface area contributed by atoms with Crippen LogP contribution in [0.25, 0.3) is 27.7 Å². The number of fused-ring (bicyclic) bond motifs is 5. The number of hydrogen-bond acceptors (Lipinski definition) is 6. The normalized spacial score (nSPS) is 12.6. The number of para-hydroxylation sites is 2. The van der Waals surface area contributed by atoms with Crippen LogP contribution in [0.15, 0.2) is 36.5 Å². The van der Waals surface area contributed by atoms with Crippen molar-refractivity contribution in [1.29, 1.82) is 0 Å². The minimum atomic E-state index is -0.202. The molecule has 0 aliphatic heterocycles. The lowest BCUT2D eigenvalue weighted by molar-refractivity contribution is 0.0964. The zero-order valence-corrected chi connectivity index (χ0v) is 14.5. The maximum Gasteiger partial charge on any atom is 0.254 e. The topological polar surface area (TPSA) is 110 Å². The van der Waals surface area contributed by atoms with E-state index in [4.69, 9.17) is 5.73 Å². The molecule has 26 heavy (non-hydrogen) atoms. The standard InChI is InChI=1S/C18H19N7O/c1-10(19)8-21-18-22-9-11-7-12(17(26)20-2)16-23-13-5-3-4-6-14(13)25(16)15(11)24-18/h3-7,9-10H,8,19H2,1-2H3,(H,20,26)(H,21,22,24)/t10-/m1/s1. The van der Waals surface area contributed by atoms with Crippen LogP contribution in [0.1, 0.15) is 17.3 Å². The molecule has 132 valence electrons. The predicted molar refractivity (Wildman–Crippen MR) is 101 cm³/mol. The molecule has 3 aromatic heterocycles. The van der Waals surface area contributed by atoms with Crippen molar-refractivity contribution in [2.75, 3.05) is 18.9 Å². The van der Waals surface area contributed by atoms with Crippen molar-refractivity contribution < 1.29 is 4.79 Å². The molecule has 0 spiro atoms. The second-order valence-corrected chi connectivity index (χ2v) is 6.23. The van der Waals surface area contributed by atoms with Gasteiger partial charge in [-0.1, -0.05) is 12.1 Å². The summed E-state index contributed by atoms with van der Waals surface area (Å²) in [6.07, 6.45) is 1.70. The van der Waals surface area contributed by atoms with E-state index in [0.717, 1.165) is 16.4 Å². The van der Waals surface area contributed by atoms with E-state index >= 15 is 0 Å². The summed E-state index contributed by atoms with van der Waals surface area (Å²) in [5.41, 5.74) is 9.21. The van der Waals surface area contributed by atoms with E-state index in [2.05, 4.69) is 25.6 Å². The Bertz CT molecular complexity index is 1130. The largest absolute Gasteiger partial charge is 0.355 e. The molecule has 8 nitrogen and oxygen atoms in total. The lowest BCUT2D eigenvalue weighted by atomic mass is 10.2. The fraction of sp³-hybridized carbons (Fsp3) is 0.222. The number of rotatable bonds is 4. The number of benzene rings is 1. The monoisotopic (exact) mass is 349 g/mol. The average Bonchev–Trinajstić information content (AvgIpc) is 3.04. The van der Waals surface area contributed by atoms with Crippen LogP contribution in [-0.2, 0) is 0 Å². The molecule has 1 amide bonds. The smallest absolute Gasteiger partial charge is 0.254 e. The van der Waals surface area contributed by atoms with Crippen LogP contribution < -0.4 is 16.4 Å². The van der Waals surface area contributed by atoms with Gasteiger partial charge in [-0.15, -0.1) is 0 Å². The van der Waals surface area contributed by atoms with E-state index < -0.39 is 0 Å². The summed E-state index contributed by atoms with van der Waals surface area (Å²) in [6.45, 7) is 2.47. The Morgan fingerprint density at radius 2 is 2.08 bits per heavy atom. The van der Waals surface area contributed by atoms with Crippen molar-refractivity contribution in [2.45, 2.75) is 13.0 Å². The maximum absolute atomic E-state index is 12.4. The van der Waals surface area contributed by atoms with E-state index in [-0.39, 0.29) is 11.9 Å². The number of imidazole rings is 1. The van der Waals surface area contributed by atoms with Crippen molar-refractivity contribution in [1.82, 2.24) is 24.7 Å². The summed E-state index contributed by atoms with van der Waals surface area (Å²) >= 11 is 0. The summed E-state index contributed by atoms with van der Waals surface area (Å²) < 4.78 is 1.90. The molecule has 0 aliphatic rings. The highest BCUT2D eigenvalue weighted by Gasteiger charge is 2.18. The molecule has 0 saturated carbocycles. The number of carbonyl (C=O) groups excluding carboxylic acids is 1. The quantitative estimate of drug-likeness (QED) is 0.516. The lowest BCUT2D eigenvalue weighted by Gasteiger charge is -2.10. The SMILES string of the molecule is CNC(=O)c1cc2cnc(NC[C@@H](C)N)nc2n2c1nc1ccccc12. The van der Waals surface area contributed by atoms with Crippen LogP contribution in [0.5, 0.6) is 0 Å². The summed E-state index contributed by atoms with van der Waals surface area (Å²) in [6, 6.07) is 9.48. The van der Waals surface area contributed by atoms with Crippen LogP contribution in [0.3, 0.4) is 0 Å². The summed E-state index contributed by atoms with van der Waals surface area (Å²) in [5, 5.41) is 6.55. The van der Waals surface area contributed by atoms with Gasteiger partial charge in [0.25, 0.3) is 5.91 Å². The molecule has 0 fully saturated rings. The third-order valence-corrected chi connectivity index (χ3v) is 4.16. The Kier molecular flexibility index (Phi) is 3.89. The van der Waals surface area contributed by atoms with Crippen LogP contribution in [-0.4, -0.2) is 44.9 Å². The molecular formula is C18H19N7O. The molecule has 1 atom stereocenters. The van der Waals surface area contributed by atoms with Gasteiger partial charge in [0, 0.05) is 31.2 Å². The summed E-state index contributed by atoms with van der Waals surface area (Å²) in [7, 11) is 1.60. The minimum absolute atomic E-state index is 0.0148. The van der Waals surface area contributed by atoms with Crippen molar-refractivity contribution >= 4 is 39.6 Å². The Morgan fingerprint density at radius 1 is 1.27 bits per heavy atom. The van der Waals surface area contributed by atoms with E-state index in [1.54, 1.807) is 19.3 Å². The first-order chi connectivity index (χ1) is 12.6. The maximum atomic E-state index is 12.4. The van der Waals surface area contributed by atoms with Gasteiger partial charge >= 0.3 is 0 Å². The van der Waals surface area contributed by atoms with Crippen molar-refractivity contribution in [3.63, 3.8) is 0 Å². The minimum Gasteiger partial charge on any atom is -0.355 e. The lowest BCUT2D eigenvalue weighted by Crippen LogP contribution is -2.26. The highest BCUT2D eigenvalue weighted by Crippen LogP contribution is 2.25. The number of aromatic nitrogens is 4. The van der Waals surface area contributed by atoms with Gasteiger partial charge in [0.15, 0.2) is 11.3 Å². The van der Waals surface area contributed by atoms with E-state index in [0.29, 0.717) is 29.4 Å². The summed E-state index contributed by atoms with van der Waals surface area (Å²) in [5.74, 6) is 0.285. The molecule has 4 rings (SSSR count). The highest BCUT2D eigenvalue weighted by atomic mass is 16.1. The van der Waals surface area contributed by atoms with Gasteiger partial charge in [-0.25, -0.2) is 9.97 Å². The van der Waals surface area contributed by atoms with Crippen molar-refractivity contribution in [3.8, 4) is 0 Å². The first kappa shape index (κ1) is 16.2. The molecular weight excluding hydrogens is 330 g/mol. The number of amides is 1. The van der Waals surface area contributed by atoms with E-state index in [1.807, 2.05) is 35.6 Å². The molecule has 8 heteroatoms. The number of hydrogen-bond donors (Lipinski definition) is 3. The molecule has 0 bridgehead atoms. The molecule has 3 heterocycles. The Hall–Kier alpha value is -3.26. The third kappa shape index (κ3) is 2.60. The van der Waals surface area contributed by atoms with Crippen LogP contribution >= 0.6 is 0 Å². The number of nitrogens with one attached hydrogen (secondary N) is 2. The van der Waals surface area contributed by atoms with Crippen molar-refractivity contribution in [2.24, 2.45) is 5.73 Å². The molecule has 4 N–H and O–H groups in total. The Balaban J connectivity index is 2.05. The average molecular weight is 349 g/mol. The molecule has 0 radical (unpaired) electrons. The van der Waals surface area contributed by atoms with Crippen LogP contribution in [0.4, 0.5) is 5.95 Å². The van der Waals surface area contributed by atoms with Gasteiger partial charge in [-0.05, 0) is 25.1 Å². The molecule has 1 aromatic carbocycles. The number of carbonyl (C=O) groups is 1. The van der Waals surface area contributed by atoms with E-state index in [9.17, 15) is 4.79 Å². The molecule has 0 unspecified atom stereocenters. The van der Waals surface area contributed by atoms with Crippen molar-refractivity contribution in [3.05, 3.63) is 42.1 Å². The number of anilines is 1. The molecule has 0 aliphatic carbocycles. The van der Waals surface area contributed by atoms with E-state index in [1.165, 1.54) is 0 Å². The van der Waals surface area contributed by atoms with Crippen LogP contribution in [0, 0.1) is 0 Å². The zero-order chi connectivity index (χ0) is 18.3. The number of nitrogens with zero attached hydrogens (tertiary/aromatic N) is 4. The predicted octanol–water partition coefficient (Wildman–Crippen LogP) is 1.55. The third-order valence-electron chi connectivity index (χ3n) is 4.16. The van der Waals surface area contributed by atoms with Gasteiger partial charge in [-0.2, -0.15) is 4.98 Å². The second kappa shape index (κ2) is 6.23. The fourth-order valence-corrected chi connectivity index (χ4v) is 2.94. The molecule has 4 aromatic rings. The first-order valence-corrected chi connectivity index (χ1v) is 8.37. The molecule has 0 saturated heterocycles. The van der Waals surface area contributed by atoms with Crippen LogP contribution in [0.2, 0.25) is 0 Å².